The number of carbonyl (C=O) groups excluding carboxylic acids is 2. The summed E-state index contributed by atoms with van der Waals surface area (Å²) < 4.78 is 0. The van der Waals surface area contributed by atoms with Crippen molar-refractivity contribution in [1.82, 2.24) is 9.80 Å². The molecule has 0 unspecified atom stereocenters. The molecule has 4 heteroatoms. The van der Waals surface area contributed by atoms with Crippen LogP contribution in [-0.4, -0.2) is 47.8 Å². The topological polar surface area (TPSA) is 40.6 Å². The third kappa shape index (κ3) is 3.03. The van der Waals surface area contributed by atoms with Gasteiger partial charge < -0.3 is 9.80 Å². The van der Waals surface area contributed by atoms with Crippen molar-refractivity contribution in [2.24, 2.45) is 11.8 Å². The number of hydrogen-bond donors (Lipinski definition) is 0. The van der Waals surface area contributed by atoms with Crippen molar-refractivity contribution in [3.8, 4) is 0 Å². The molecule has 0 aliphatic carbocycles. The van der Waals surface area contributed by atoms with E-state index in [1.54, 1.807) is 9.80 Å². The maximum Gasteiger partial charge on any atom is 0.312 e. The van der Waals surface area contributed by atoms with Gasteiger partial charge in [0.15, 0.2) is 0 Å². The number of piperidine rings is 2. The van der Waals surface area contributed by atoms with E-state index >= 15 is 0 Å². The molecular weight excluding hydrogens is 228 g/mol. The van der Waals surface area contributed by atoms with Crippen molar-refractivity contribution in [3.63, 3.8) is 0 Å². The Morgan fingerprint density at radius 3 is 1.56 bits per heavy atom. The Labute approximate surface area is 109 Å². The van der Waals surface area contributed by atoms with Crippen LogP contribution in [0.15, 0.2) is 0 Å². The average Bonchev–Trinajstić information content (AvgIpc) is 2.37. The first kappa shape index (κ1) is 13.4. The number of hydrogen-bond acceptors (Lipinski definition) is 2. The van der Waals surface area contributed by atoms with Crippen LogP contribution in [0.2, 0.25) is 0 Å². The van der Waals surface area contributed by atoms with Gasteiger partial charge in [0.2, 0.25) is 0 Å². The summed E-state index contributed by atoms with van der Waals surface area (Å²) in [7, 11) is 0. The van der Waals surface area contributed by atoms with Gasteiger partial charge in [-0.25, -0.2) is 0 Å². The van der Waals surface area contributed by atoms with Crippen LogP contribution >= 0.6 is 0 Å². The molecule has 0 saturated carbocycles. The van der Waals surface area contributed by atoms with Gasteiger partial charge >= 0.3 is 11.8 Å². The minimum absolute atomic E-state index is 0.282. The Balaban J connectivity index is 1.93. The fourth-order valence-corrected chi connectivity index (χ4v) is 3.02. The molecule has 2 aliphatic heterocycles. The van der Waals surface area contributed by atoms with Gasteiger partial charge in [-0.2, -0.15) is 0 Å². The van der Waals surface area contributed by atoms with E-state index in [0.29, 0.717) is 11.8 Å². The van der Waals surface area contributed by atoms with Gasteiger partial charge in [0, 0.05) is 26.2 Å². The summed E-state index contributed by atoms with van der Waals surface area (Å²) in [4.78, 5) is 27.9. The molecule has 2 saturated heterocycles. The minimum Gasteiger partial charge on any atom is -0.334 e. The average molecular weight is 252 g/mol. The normalized spacial score (nSPS) is 29.2. The van der Waals surface area contributed by atoms with Crippen LogP contribution in [0.25, 0.3) is 0 Å². The number of rotatable bonds is 0. The molecule has 0 aromatic heterocycles. The molecule has 2 fully saturated rings. The van der Waals surface area contributed by atoms with Gasteiger partial charge in [-0.15, -0.1) is 0 Å². The van der Waals surface area contributed by atoms with Gasteiger partial charge in [-0.05, 0) is 37.5 Å². The van der Waals surface area contributed by atoms with Crippen molar-refractivity contribution in [2.45, 2.75) is 39.5 Å². The predicted molar refractivity (Wildman–Crippen MR) is 70.0 cm³/mol. The van der Waals surface area contributed by atoms with Gasteiger partial charge in [0.05, 0.1) is 0 Å². The highest BCUT2D eigenvalue weighted by molar-refractivity contribution is 6.34. The zero-order valence-corrected chi connectivity index (χ0v) is 11.5. The maximum atomic E-state index is 12.2. The quantitative estimate of drug-likeness (QED) is 0.613. The Kier molecular flexibility index (Phi) is 4.25. The second kappa shape index (κ2) is 5.72. The van der Waals surface area contributed by atoms with Gasteiger partial charge in [-0.3, -0.25) is 9.59 Å². The molecule has 4 nitrogen and oxygen atoms in total. The second-order valence-corrected chi connectivity index (χ2v) is 6.00. The molecule has 0 aromatic rings. The highest BCUT2D eigenvalue weighted by atomic mass is 16.2. The highest BCUT2D eigenvalue weighted by Crippen LogP contribution is 2.18. The molecule has 2 amide bonds. The summed E-state index contributed by atoms with van der Waals surface area (Å²) in [5.74, 6) is 0.484. The summed E-state index contributed by atoms with van der Waals surface area (Å²) in [5, 5.41) is 0. The number of likely N-dealkylation sites (tertiary alicyclic amines) is 2. The van der Waals surface area contributed by atoms with E-state index < -0.39 is 0 Å². The summed E-state index contributed by atoms with van der Waals surface area (Å²) in [6.07, 6.45) is 4.38. The monoisotopic (exact) mass is 252 g/mol. The molecule has 102 valence electrons. The standard InChI is InChI=1S/C14H24N2O2/c1-11-5-3-7-15(9-11)13(17)14(18)16-8-4-6-12(2)10-16/h11-12H,3-10H2,1-2H3/t11-,12-/m1/s1. The second-order valence-electron chi connectivity index (χ2n) is 6.00. The Morgan fingerprint density at radius 2 is 1.22 bits per heavy atom. The largest absolute Gasteiger partial charge is 0.334 e. The number of carbonyl (C=O) groups is 2. The lowest BCUT2D eigenvalue weighted by Gasteiger charge is -2.34. The molecule has 2 aliphatic rings. The zero-order chi connectivity index (χ0) is 13.1. The summed E-state index contributed by atoms with van der Waals surface area (Å²) in [5.41, 5.74) is 0. The first-order valence-electron chi connectivity index (χ1n) is 7.16. The fourth-order valence-electron chi connectivity index (χ4n) is 3.02. The van der Waals surface area contributed by atoms with Crippen LogP contribution in [0.1, 0.15) is 39.5 Å². The van der Waals surface area contributed by atoms with E-state index in [4.69, 9.17) is 0 Å². The smallest absolute Gasteiger partial charge is 0.312 e. The van der Waals surface area contributed by atoms with E-state index in [9.17, 15) is 9.59 Å². The molecular formula is C14H24N2O2. The Morgan fingerprint density at radius 1 is 0.833 bits per heavy atom. The zero-order valence-electron chi connectivity index (χ0n) is 11.5. The molecule has 2 rings (SSSR count). The molecule has 0 aromatic carbocycles. The third-order valence-electron chi connectivity index (χ3n) is 4.07. The predicted octanol–water partition coefficient (Wildman–Crippen LogP) is 1.50. The van der Waals surface area contributed by atoms with Crippen LogP contribution in [0.4, 0.5) is 0 Å². The Hall–Kier alpha value is -1.06. The highest BCUT2D eigenvalue weighted by Gasteiger charge is 2.31. The number of amides is 2. The lowest BCUT2D eigenvalue weighted by molar-refractivity contribution is -0.153. The van der Waals surface area contributed by atoms with Crippen molar-refractivity contribution >= 4 is 11.8 Å². The molecule has 2 atom stereocenters. The van der Waals surface area contributed by atoms with Crippen molar-refractivity contribution in [2.75, 3.05) is 26.2 Å². The van der Waals surface area contributed by atoms with Gasteiger partial charge in [-0.1, -0.05) is 13.8 Å². The van der Waals surface area contributed by atoms with E-state index in [1.165, 1.54) is 12.8 Å². The first-order chi connectivity index (χ1) is 8.58. The van der Waals surface area contributed by atoms with Crippen molar-refractivity contribution in [1.29, 1.82) is 0 Å². The minimum atomic E-state index is -0.282. The van der Waals surface area contributed by atoms with E-state index in [1.807, 2.05) is 0 Å². The molecule has 18 heavy (non-hydrogen) atoms. The van der Waals surface area contributed by atoms with Gasteiger partial charge in [0.25, 0.3) is 0 Å². The molecule has 0 N–H and O–H groups in total. The van der Waals surface area contributed by atoms with Crippen molar-refractivity contribution in [3.05, 3.63) is 0 Å². The molecule has 0 spiro atoms. The lowest BCUT2D eigenvalue weighted by atomic mass is 9.99. The number of nitrogens with zero attached hydrogens (tertiary/aromatic N) is 2. The van der Waals surface area contributed by atoms with Gasteiger partial charge in [0.1, 0.15) is 0 Å². The first-order valence-corrected chi connectivity index (χ1v) is 7.16. The van der Waals surface area contributed by atoms with Crippen LogP contribution in [-0.2, 0) is 9.59 Å². The van der Waals surface area contributed by atoms with Crippen LogP contribution in [0.5, 0.6) is 0 Å². The molecule has 0 bridgehead atoms. The fraction of sp³-hybridized carbons (Fsp3) is 0.857. The van der Waals surface area contributed by atoms with Crippen LogP contribution in [0.3, 0.4) is 0 Å². The van der Waals surface area contributed by atoms with Crippen LogP contribution < -0.4 is 0 Å². The van der Waals surface area contributed by atoms with Crippen LogP contribution in [0, 0.1) is 11.8 Å². The Bertz CT molecular complexity index is 298. The lowest BCUT2D eigenvalue weighted by Crippen LogP contribution is -2.50. The molecule has 2 heterocycles. The van der Waals surface area contributed by atoms with E-state index in [2.05, 4.69) is 13.8 Å². The summed E-state index contributed by atoms with van der Waals surface area (Å²) >= 11 is 0. The SMILES string of the molecule is C[C@@H]1CCCN(C(=O)C(=O)N2CCC[C@@H](C)C2)C1. The summed E-state index contributed by atoms with van der Waals surface area (Å²) in [6.45, 7) is 7.28. The summed E-state index contributed by atoms with van der Waals surface area (Å²) in [6, 6.07) is 0. The molecule has 0 radical (unpaired) electrons. The maximum absolute atomic E-state index is 12.2. The van der Waals surface area contributed by atoms with E-state index in [0.717, 1.165) is 39.0 Å². The van der Waals surface area contributed by atoms with Crippen molar-refractivity contribution < 1.29 is 9.59 Å². The third-order valence-corrected chi connectivity index (χ3v) is 4.07. The van der Waals surface area contributed by atoms with E-state index in [-0.39, 0.29) is 11.8 Å².